The molecule has 0 radical (unpaired) electrons. The molecule has 0 spiro atoms. The van der Waals surface area contributed by atoms with Crippen molar-refractivity contribution in [1.29, 1.82) is 0 Å². The van der Waals surface area contributed by atoms with Crippen molar-refractivity contribution in [2.24, 2.45) is 0 Å². The number of benzene rings is 2. The summed E-state index contributed by atoms with van der Waals surface area (Å²) >= 11 is 6.01. The number of ketones is 1. The normalized spacial score (nSPS) is 10.3. The molecule has 2 aromatic carbocycles. The van der Waals surface area contributed by atoms with Crippen molar-refractivity contribution < 1.29 is 9.18 Å². The molecule has 0 atom stereocenters. The van der Waals surface area contributed by atoms with E-state index in [9.17, 15) is 9.18 Å². The lowest BCUT2D eigenvalue weighted by Crippen LogP contribution is -1.98. The number of rotatable bonds is 3. The van der Waals surface area contributed by atoms with Crippen molar-refractivity contribution >= 4 is 28.8 Å². The Morgan fingerprint density at radius 1 is 1.21 bits per heavy atom. The van der Waals surface area contributed by atoms with Gasteiger partial charge >= 0.3 is 0 Å². The van der Waals surface area contributed by atoms with E-state index in [1.807, 2.05) is 13.0 Å². The SMILES string of the molecule is CC(=O)c1ccc(F)c(Nc2ccc(C)c(Cl)c2)c1. The van der Waals surface area contributed by atoms with Gasteiger partial charge in [-0.3, -0.25) is 4.79 Å². The van der Waals surface area contributed by atoms with Crippen LogP contribution in [0.4, 0.5) is 15.8 Å². The van der Waals surface area contributed by atoms with E-state index in [2.05, 4.69) is 5.32 Å². The molecule has 4 heteroatoms. The molecule has 0 heterocycles. The zero-order chi connectivity index (χ0) is 14.0. The van der Waals surface area contributed by atoms with Gasteiger partial charge in [0.2, 0.25) is 0 Å². The molecule has 2 rings (SSSR count). The molecular formula is C15H13ClFNO. The summed E-state index contributed by atoms with van der Waals surface area (Å²) < 4.78 is 13.7. The maximum atomic E-state index is 13.7. The number of hydrogen-bond acceptors (Lipinski definition) is 2. The number of Topliss-reactive ketones (excluding diaryl/α,β-unsaturated/α-hetero) is 1. The fraction of sp³-hybridized carbons (Fsp3) is 0.133. The van der Waals surface area contributed by atoms with E-state index in [-0.39, 0.29) is 11.5 Å². The number of nitrogens with one attached hydrogen (secondary N) is 1. The predicted molar refractivity (Wildman–Crippen MR) is 75.9 cm³/mol. The summed E-state index contributed by atoms with van der Waals surface area (Å²) in [5, 5.41) is 3.53. The molecule has 0 saturated carbocycles. The Hall–Kier alpha value is -1.87. The molecule has 0 bridgehead atoms. The summed E-state index contributed by atoms with van der Waals surface area (Å²) in [6.45, 7) is 3.34. The highest BCUT2D eigenvalue weighted by atomic mass is 35.5. The average Bonchev–Trinajstić information content (AvgIpc) is 2.36. The van der Waals surface area contributed by atoms with Gasteiger partial charge in [0.15, 0.2) is 5.78 Å². The Morgan fingerprint density at radius 3 is 2.58 bits per heavy atom. The maximum absolute atomic E-state index is 13.7. The zero-order valence-electron chi connectivity index (χ0n) is 10.6. The first-order valence-corrected chi connectivity index (χ1v) is 6.19. The molecule has 1 N–H and O–H groups in total. The van der Waals surface area contributed by atoms with E-state index < -0.39 is 5.82 Å². The van der Waals surface area contributed by atoms with Gasteiger partial charge in [-0.25, -0.2) is 4.39 Å². The maximum Gasteiger partial charge on any atom is 0.159 e. The van der Waals surface area contributed by atoms with Gasteiger partial charge in [0, 0.05) is 16.3 Å². The second kappa shape index (κ2) is 5.41. The third kappa shape index (κ3) is 3.12. The second-order valence-electron chi connectivity index (χ2n) is 4.34. The molecule has 2 nitrogen and oxygen atoms in total. The van der Waals surface area contributed by atoms with Gasteiger partial charge in [-0.1, -0.05) is 17.7 Å². The van der Waals surface area contributed by atoms with Crippen molar-refractivity contribution in [2.45, 2.75) is 13.8 Å². The molecule has 0 aliphatic heterocycles. The third-order valence-corrected chi connectivity index (χ3v) is 3.23. The fourth-order valence-corrected chi connectivity index (χ4v) is 1.85. The number of carbonyl (C=O) groups is 1. The molecule has 2 aromatic rings. The number of carbonyl (C=O) groups excluding carboxylic acids is 1. The molecular weight excluding hydrogens is 265 g/mol. The van der Waals surface area contributed by atoms with Gasteiger partial charge < -0.3 is 5.32 Å². The number of anilines is 2. The van der Waals surface area contributed by atoms with Crippen LogP contribution >= 0.6 is 11.6 Å². The van der Waals surface area contributed by atoms with E-state index in [0.29, 0.717) is 16.3 Å². The monoisotopic (exact) mass is 277 g/mol. The Kier molecular flexibility index (Phi) is 3.86. The van der Waals surface area contributed by atoms with E-state index >= 15 is 0 Å². The topological polar surface area (TPSA) is 29.1 Å². The van der Waals surface area contributed by atoms with Crippen molar-refractivity contribution in [3.63, 3.8) is 0 Å². The Labute approximate surface area is 116 Å². The Balaban J connectivity index is 2.34. The Morgan fingerprint density at radius 2 is 1.95 bits per heavy atom. The van der Waals surface area contributed by atoms with E-state index in [1.165, 1.54) is 25.1 Å². The van der Waals surface area contributed by atoms with Gasteiger partial charge in [0.1, 0.15) is 5.82 Å². The molecule has 0 unspecified atom stereocenters. The summed E-state index contributed by atoms with van der Waals surface area (Å²) in [7, 11) is 0. The van der Waals surface area contributed by atoms with Crippen LogP contribution in [0.25, 0.3) is 0 Å². The molecule has 0 aliphatic carbocycles. The van der Waals surface area contributed by atoms with Crippen LogP contribution in [0.15, 0.2) is 36.4 Å². The van der Waals surface area contributed by atoms with Crippen LogP contribution in [0.5, 0.6) is 0 Å². The van der Waals surface area contributed by atoms with Gasteiger partial charge in [-0.05, 0) is 49.7 Å². The molecule has 0 saturated heterocycles. The minimum absolute atomic E-state index is 0.106. The number of aryl methyl sites for hydroxylation is 1. The lowest BCUT2D eigenvalue weighted by atomic mass is 10.1. The Bertz CT molecular complexity index is 640. The number of halogens is 2. The number of hydrogen-bond donors (Lipinski definition) is 1. The molecule has 19 heavy (non-hydrogen) atoms. The van der Waals surface area contributed by atoms with Gasteiger partial charge in [0.05, 0.1) is 5.69 Å². The lowest BCUT2D eigenvalue weighted by molar-refractivity contribution is 0.101. The highest BCUT2D eigenvalue weighted by Gasteiger charge is 2.07. The highest BCUT2D eigenvalue weighted by Crippen LogP contribution is 2.25. The van der Waals surface area contributed by atoms with Gasteiger partial charge in [-0.2, -0.15) is 0 Å². The van der Waals surface area contributed by atoms with Gasteiger partial charge in [0.25, 0.3) is 0 Å². The van der Waals surface area contributed by atoms with Gasteiger partial charge in [-0.15, -0.1) is 0 Å². The third-order valence-electron chi connectivity index (χ3n) is 2.82. The van der Waals surface area contributed by atoms with Crippen molar-refractivity contribution in [2.75, 3.05) is 5.32 Å². The average molecular weight is 278 g/mol. The fourth-order valence-electron chi connectivity index (χ4n) is 1.67. The van der Waals surface area contributed by atoms with Crippen LogP contribution in [-0.2, 0) is 0 Å². The first-order valence-electron chi connectivity index (χ1n) is 5.81. The van der Waals surface area contributed by atoms with Crippen LogP contribution in [0.2, 0.25) is 5.02 Å². The van der Waals surface area contributed by atoms with E-state index in [1.54, 1.807) is 12.1 Å². The largest absolute Gasteiger partial charge is 0.353 e. The molecule has 0 aromatic heterocycles. The van der Waals surface area contributed by atoms with Crippen LogP contribution < -0.4 is 5.32 Å². The summed E-state index contributed by atoms with van der Waals surface area (Å²) in [6.07, 6.45) is 0. The quantitative estimate of drug-likeness (QED) is 0.822. The predicted octanol–water partition coefficient (Wildman–Crippen LogP) is 4.73. The van der Waals surface area contributed by atoms with E-state index in [4.69, 9.17) is 11.6 Å². The summed E-state index contributed by atoms with van der Waals surface area (Å²) in [5.41, 5.74) is 2.34. The van der Waals surface area contributed by atoms with Crippen LogP contribution in [0.1, 0.15) is 22.8 Å². The van der Waals surface area contributed by atoms with E-state index in [0.717, 1.165) is 5.56 Å². The van der Waals surface area contributed by atoms with Crippen LogP contribution in [-0.4, -0.2) is 5.78 Å². The molecule has 0 amide bonds. The van der Waals surface area contributed by atoms with Crippen molar-refractivity contribution in [3.05, 3.63) is 58.4 Å². The molecule has 0 fully saturated rings. The minimum atomic E-state index is -0.415. The van der Waals surface area contributed by atoms with Crippen molar-refractivity contribution in [1.82, 2.24) is 0 Å². The smallest absolute Gasteiger partial charge is 0.159 e. The zero-order valence-corrected chi connectivity index (χ0v) is 11.4. The first kappa shape index (κ1) is 13.6. The molecule has 0 aliphatic rings. The minimum Gasteiger partial charge on any atom is -0.353 e. The summed E-state index contributed by atoms with van der Waals surface area (Å²) in [6, 6.07) is 9.60. The molecule has 98 valence electrons. The lowest BCUT2D eigenvalue weighted by Gasteiger charge is -2.10. The van der Waals surface area contributed by atoms with Crippen LogP contribution in [0, 0.1) is 12.7 Å². The standard InChI is InChI=1S/C15H13ClFNO/c1-9-3-5-12(8-13(9)16)18-15-7-11(10(2)19)4-6-14(15)17/h3-8,18H,1-2H3. The second-order valence-corrected chi connectivity index (χ2v) is 4.75. The highest BCUT2D eigenvalue weighted by molar-refractivity contribution is 6.31. The summed E-state index contributed by atoms with van der Waals surface area (Å²) in [4.78, 5) is 11.3. The first-order chi connectivity index (χ1) is 8.97. The van der Waals surface area contributed by atoms with Crippen LogP contribution in [0.3, 0.4) is 0 Å². The van der Waals surface area contributed by atoms with Crippen molar-refractivity contribution in [3.8, 4) is 0 Å². The summed E-state index contributed by atoms with van der Waals surface area (Å²) in [5.74, 6) is -0.522.